The van der Waals surface area contributed by atoms with Crippen LogP contribution < -0.4 is 5.56 Å². The van der Waals surface area contributed by atoms with Gasteiger partial charge < -0.3 is 15.2 Å². The summed E-state index contributed by atoms with van der Waals surface area (Å²) >= 11 is 0. The number of aromatic nitrogens is 2. The third-order valence-corrected chi connectivity index (χ3v) is 2.66. The van der Waals surface area contributed by atoms with Gasteiger partial charge in [0.1, 0.15) is 6.04 Å². The van der Waals surface area contributed by atoms with Gasteiger partial charge in [0.15, 0.2) is 0 Å². The maximum absolute atomic E-state index is 11.4. The number of fused-ring (bicyclic) bond motifs is 1. The van der Waals surface area contributed by atoms with Crippen molar-refractivity contribution < 1.29 is 19.8 Å². The molecule has 0 spiro atoms. The lowest BCUT2D eigenvalue weighted by atomic mass is 10.0. The summed E-state index contributed by atoms with van der Waals surface area (Å²) in [4.78, 5) is 40.2. The highest BCUT2D eigenvalue weighted by molar-refractivity contribution is 5.80. The van der Waals surface area contributed by atoms with Crippen molar-refractivity contribution in [1.82, 2.24) is 14.9 Å². The van der Waals surface area contributed by atoms with Crippen molar-refractivity contribution in [3.8, 4) is 0 Å². The normalized spacial score (nSPS) is 18.6. The molecule has 8 nitrogen and oxygen atoms in total. The minimum absolute atomic E-state index is 0.0963. The van der Waals surface area contributed by atoms with E-state index in [4.69, 9.17) is 10.2 Å². The van der Waals surface area contributed by atoms with Gasteiger partial charge in [-0.25, -0.2) is 14.6 Å². The minimum Gasteiger partial charge on any atom is -0.480 e. The quantitative estimate of drug-likeness (QED) is 0.593. The molecule has 90 valence electrons. The molecule has 0 bridgehead atoms. The van der Waals surface area contributed by atoms with Crippen molar-refractivity contribution in [2.75, 3.05) is 0 Å². The Balaban J connectivity index is 2.47. The molecule has 1 atom stereocenters. The van der Waals surface area contributed by atoms with E-state index in [0.29, 0.717) is 5.69 Å². The number of carbonyl (C=O) groups is 2. The number of amides is 1. The number of rotatable bonds is 1. The molecular weight excluding hydrogens is 230 g/mol. The second-order valence-corrected chi connectivity index (χ2v) is 3.63. The van der Waals surface area contributed by atoms with Crippen LogP contribution in [0, 0.1) is 0 Å². The standard InChI is InChI=1S/C9H9N3O5/c13-7-4-2-12(9(16)17)6(8(14)15)1-5(4)10-3-11-7/h3,6H,1-2H2,(H,14,15)(H,16,17)(H,10,11,13). The summed E-state index contributed by atoms with van der Waals surface area (Å²) in [5.41, 5.74) is 0.0936. The molecule has 1 aromatic rings. The molecule has 1 aliphatic rings. The fourth-order valence-electron chi connectivity index (χ4n) is 1.80. The second-order valence-electron chi connectivity index (χ2n) is 3.63. The SMILES string of the molecule is O=C(O)C1Cc2nc[nH]c(=O)c2CN1C(=O)O. The van der Waals surface area contributed by atoms with Gasteiger partial charge in [-0.15, -0.1) is 0 Å². The highest BCUT2D eigenvalue weighted by Crippen LogP contribution is 2.19. The van der Waals surface area contributed by atoms with Crippen LogP contribution in [0.2, 0.25) is 0 Å². The molecule has 1 amide bonds. The number of hydrogen-bond donors (Lipinski definition) is 3. The van der Waals surface area contributed by atoms with Gasteiger partial charge in [0.2, 0.25) is 0 Å². The summed E-state index contributed by atoms with van der Waals surface area (Å²) in [7, 11) is 0. The third kappa shape index (κ3) is 1.84. The number of hydrogen-bond acceptors (Lipinski definition) is 4. The first-order valence-corrected chi connectivity index (χ1v) is 4.78. The van der Waals surface area contributed by atoms with Crippen molar-refractivity contribution in [3.63, 3.8) is 0 Å². The maximum Gasteiger partial charge on any atom is 0.408 e. The zero-order valence-electron chi connectivity index (χ0n) is 8.58. The van der Waals surface area contributed by atoms with E-state index in [2.05, 4.69) is 9.97 Å². The third-order valence-electron chi connectivity index (χ3n) is 2.66. The summed E-state index contributed by atoms with van der Waals surface area (Å²) in [6.07, 6.45) is -0.288. The van der Waals surface area contributed by atoms with Crippen molar-refractivity contribution in [2.45, 2.75) is 19.0 Å². The van der Waals surface area contributed by atoms with Crippen molar-refractivity contribution in [3.05, 3.63) is 27.9 Å². The molecular formula is C9H9N3O5. The lowest BCUT2D eigenvalue weighted by Gasteiger charge is -2.30. The molecule has 0 fully saturated rings. The van der Waals surface area contributed by atoms with Gasteiger partial charge in [-0.1, -0.05) is 0 Å². The van der Waals surface area contributed by atoms with Crippen LogP contribution in [0.1, 0.15) is 11.3 Å². The van der Waals surface area contributed by atoms with E-state index in [1.165, 1.54) is 6.33 Å². The Hall–Kier alpha value is -2.38. The van der Waals surface area contributed by atoms with Crippen LogP contribution in [-0.4, -0.2) is 43.2 Å². The van der Waals surface area contributed by atoms with E-state index in [9.17, 15) is 14.4 Å². The molecule has 1 aliphatic heterocycles. The van der Waals surface area contributed by atoms with Gasteiger partial charge in [0.25, 0.3) is 5.56 Å². The van der Waals surface area contributed by atoms with Crippen LogP contribution in [0.25, 0.3) is 0 Å². The predicted octanol–water partition coefficient (Wildman–Crippen LogP) is -0.741. The Morgan fingerprint density at radius 2 is 2.18 bits per heavy atom. The Bertz CT molecular complexity index is 538. The average Bonchev–Trinajstić information content (AvgIpc) is 2.27. The molecule has 2 rings (SSSR count). The van der Waals surface area contributed by atoms with Gasteiger partial charge in [0.05, 0.1) is 24.1 Å². The van der Waals surface area contributed by atoms with Gasteiger partial charge in [0, 0.05) is 6.42 Å². The number of H-pyrrole nitrogens is 1. The molecule has 1 aromatic heterocycles. The highest BCUT2D eigenvalue weighted by atomic mass is 16.4. The van der Waals surface area contributed by atoms with Crippen LogP contribution in [-0.2, 0) is 17.8 Å². The molecule has 0 radical (unpaired) electrons. The molecule has 0 saturated carbocycles. The van der Waals surface area contributed by atoms with E-state index in [1.807, 2.05) is 0 Å². The number of carboxylic acids is 1. The summed E-state index contributed by atoms with van der Waals surface area (Å²) in [6.45, 7) is -0.259. The lowest BCUT2D eigenvalue weighted by molar-refractivity contribution is -0.143. The summed E-state index contributed by atoms with van der Waals surface area (Å²) < 4.78 is 0. The topological polar surface area (TPSA) is 124 Å². The summed E-state index contributed by atoms with van der Waals surface area (Å²) in [5, 5.41) is 17.8. The first-order chi connectivity index (χ1) is 8.00. The van der Waals surface area contributed by atoms with Crippen molar-refractivity contribution in [1.29, 1.82) is 0 Å². The van der Waals surface area contributed by atoms with Crippen LogP contribution in [0.15, 0.2) is 11.1 Å². The van der Waals surface area contributed by atoms with Gasteiger partial charge in [-0.2, -0.15) is 0 Å². The van der Waals surface area contributed by atoms with Crippen molar-refractivity contribution in [2.24, 2.45) is 0 Å². The van der Waals surface area contributed by atoms with Crippen LogP contribution >= 0.6 is 0 Å². The number of aromatic amines is 1. The average molecular weight is 239 g/mol. The first-order valence-electron chi connectivity index (χ1n) is 4.78. The molecule has 0 aliphatic carbocycles. The second kappa shape index (κ2) is 3.89. The number of carboxylic acid groups (broad SMARTS) is 2. The van der Waals surface area contributed by atoms with E-state index in [-0.39, 0.29) is 18.5 Å². The zero-order valence-corrected chi connectivity index (χ0v) is 8.58. The van der Waals surface area contributed by atoms with Crippen LogP contribution in [0.3, 0.4) is 0 Å². The first kappa shape index (κ1) is 11.1. The minimum atomic E-state index is -1.37. The molecule has 0 saturated heterocycles. The molecule has 3 N–H and O–H groups in total. The number of nitrogens with zero attached hydrogens (tertiary/aromatic N) is 2. The Morgan fingerprint density at radius 3 is 2.76 bits per heavy atom. The van der Waals surface area contributed by atoms with Crippen LogP contribution in [0.5, 0.6) is 0 Å². The molecule has 8 heteroatoms. The van der Waals surface area contributed by atoms with Gasteiger partial charge in [-0.3, -0.25) is 9.69 Å². The number of aliphatic carboxylic acids is 1. The maximum atomic E-state index is 11.4. The highest BCUT2D eigenvalue weighted by Gasteiger charge is 2.36. The van der Waals surface area contributed by atoms with E-state index >= 15 is 0 Å². The van der Waals surface area contributed by atoms with Crippen molar-refractivity contribution >= 4 is 12.1 Å². The Morgan fingerprint density at radius 1 is 1.47 bits per heavy atom. The summed E-state index contributed by atoms with van der Waals surface area (Å²) in [5.74, 6) is -1.25. The Labute approximate surface area is 94.5 Å². The van der Waals surface area contributed by atoms with E-state index < -0.39 is 23.7 Å². The fraction of sp³-hybridized carbons (Fsp3) is 0.333. The van der Waals surface area contributed by atoms with E-state index in [0.717, 1.165) is 4.90 Å². The lowest BCUT2D eigenvalue weighted by Crippen LogP contribution is -2.49. The van der Waals surface area contributed by atoms with Gasteiger partial charge in [-0.05, 0) is 0 Å². The monoisotopic (exact) mass is 239 g/mol. The van der Waals surface area contributed by atoms with Gasteiger partial charge >= 0.3 is 12.1 Å². The smallest absolute Gasteiger partial charge is 0.408 e. The fourth-order valence-corrected chi connectivity index (χ4v) is 1.80. The largest absolute Gasteiger partial charge is 0.480 e. The Kier molecular flexibility index (Phi) is 2.54. The predicted molar refractivity (Wildman–Crippen MR) is 53.6 cm³/mol. The number of nitrogens with one attached hydrogen (secondary N) is 1. The van der Waals surface area contributed by atoms with Crippen LogP contribution in [0.4, 0.5) is 4.79 Å². The molecule has 17 heavy (non-hydrogen) atoms. The van der Waals surface area contributed by atoms with E-state index in [1.54, 1.807) is 0 Å². The molecule has 2 heterocycles. The molecule has 0 aromatic carbocycles. The summed E-state index contributed by atoms with van der Waals surface area (Å²) in [6, 6.07) is -1.20. The zero-order chi connectivity index (χ0) is 12.6. The molecule has 1 unspecified atom stereocenters.